The monoisotopic (exact) mass is 288 g/mol. The molecular formula is C9H22ClN2O4P. The van der Waals surface area contributed by atoms with E-state index in [1.54, 1.807) is 6.92 Å². The zero-order chi connectivity index (χ0) is 13.0. The van der Waals surface area contributed by atoms with Gasteiger partial charge in [0.05, 0.1) is 13.2 Å². The number of rotatable bonds is 12. The summed E-state index contributed by atoms with van der Waals surface area (Å²) in [5.74, 6) is 0.608. The lowest BCUT2D eigenvalue weighted by molar-refractivity contribution is 0.154. The van der Waals surface area contributed by atoms with Crippen molar-refractivity contribution in [2.45, 2.75) is 13.3 Å². The Kier molecular flexibility index (Phi) is 11.6. The molecule has 0 aromatic carbocycles. The van der Waals surface area contributed by atoms with Gasteiger partial charge in [-0.2, -0.15) is 0 Å². The van der Waals surface area contributed by atoms with Crippen LogP contribution in [0.5, 0.6) is 0 Å². The number of alkyl halides is 1. The van der Waals surface area contributed by atoms with E-state index in [-0.39, 0.29) is 13.2 Å². The summed E-state index contributed by atoms with van der Waals surface area (Å²) >= 11 is 5.49. The predicted molar refractivity (Wildman–Crippen MR) is 68.5 cm³/mol. The summed E-state index contributed by atoms with van der Waals surface area (Å²) in [4.78, 5) is 9.08. The molecule has 17 heavy (non-hydrogen) atoms. The van der Waals surface area contributed by atoms with Gasteiger partial charge < -0.3 is 15.5 Å². The molecule has 0 fully saturated rings. The second-order valence-corrected chi connectivity index (χ2v) is 5.09. The van der Waals surface area contributed by atoms with Gasteiger partial charge in [-0.15, -0.1) is 11.6 Å². The van der Waals surface area contributed by atoms with Gasteiger partial charge in [0.25, 0.3) is 0 Å². The topological polar surface area (TPSA) is 79.8 Å². The molecule has 0 aliphatic rings. The fourth-order valence-electron chi connectivity index (χ4n) is 1.07. The van der Waals surface area contributed by atoms with E-state index in [1.807, 2.05) is 0 Å². The van der Waals surface area contributed by atoms with Gasteiger partial charge in [-0.25, -0.2) is 4.57 Å². The van der Waals surface area contributed by atoms with E-state index in [0.29, 0.717) is 12.3 Å². The van der Waals surface area contributed by atoms with Crippen molar-refractivity contribution in [3.63, 3.8) is 0 Å². The molecule has 0 radical (unpaired) electrons. The number of nitrogens with one attached hydrogen (secondary N) is 2. The maximum Gasteiger partial charge on any atom is 0.472 e. The van der Waals surface area contributed by atoms with Crippen molar-refractivity contribution in [2.24, 2.45) is 0 Å². The summed E-state index contributed by atoms with van der Waals surface area (Å²) in [5.41, 5.74) is 0. The third-order valence-electron chi connectivity index (χ3n) is 1.79. The molecule has 6 nitrogen and oxygen atoms in total. The molecule has 8 heteroatoms. The van der Waals surface area contributed by atoms with Gasteiger partial charge in [0.1, 0.15) is 0 Å². The smallest absolute Gasteiger partial charge is 0.315 e. The molecule has 0 heterocycles. The molecule has 3 N–H and O–H groups in total. The standard InChI is InChI=1S/C9H22ClN2O4P/c1-2-15-17(13,14)16-9-3-5-11-7-8-12-6-4-10/h11-12H,2-9H2,1H3,(H,13,14). The van der Waals surface area contributed by atoms with Gasteiger partial charge in [-0.3, -0.25) is 9.05 Å². The first-order chi connectivity index (χ1) is 8.12. The van der Waals surface area contributed by atoms with Gasteiger partial charge in [0.15, 0.2) is 0 Å². The minimum Gasteiger partial charge on any atom is -0.315 e. The molecule has 0 aliphatic carbocycles. The van der Waals surface area contributed by atoms with E-state index >= 15 is 0 Å². The van der Waals surface area contributed by atoms with E-state index in [4.69, 9.17) is 21.0 Å². The molecule has 0 saturated heterocycles. The second kappa shape index (κ2) is 11.4. The lowest BCUT2D eigenvalue weighted by atomic mass is 10.4. The SMILES string of the molecule is CCOP(=O)(O)OCCCNCCNCCCl. The minimum absolute atomic E-state index is 0.165. The summed E-state index contributed by atoms with van der Waals surface area (Å²) in [7, 11) is -3.82. The molecule has 1 atom stereocenters. The molecule has 0 spiro atoms. The van der Waals surface area contributed by atoms with Gasteiger partial charge >= 0.3 is 7.82 Å². The van der Waals surface area contributed by atoms with Crippen LogP contribution in [-0.2, 0) is 13.6 Å². The van der Waals surface area contributed by atoms with Crippen molar-refractivity contribution in [1.82, 2.24) is 10.6 Å². The van der Waals surface area contributed by atoms with Crippen molar-refractivity contribution in [2.75, 3.05) is 45.3 Å². The van der Waals surface area contributed by atoms with Crippen LogP contribution in [0.3, 0.4) is 0 Å². The van der Waals surface area contributed by atoms with E-state index in [9.17, 15) is 4.57 Å². The second-order valence-electron chi connectivity index (χ2n) is 3.26. The average molecular weight is 289 g/mol. The van der Waals surface area contributed by atoms with Crippen LogP contribution in [0.2, 0.25) is 0 Å². The highest BCUT2D eigenvalue weighted by Gasteiger charge is 2.18. The summed E-state index contributed by atoms with van der Waals surface area (Å²) in [6.45, 7) is 5.23. The summed E-state index contributed by atoms with van der Waals surface area (Å²) in [6.07, 6.45) is 0.660. The van der Waals surface area contributed by atoms with Gasteiger partial charge in [0.2, 0.25) is 0 Å². The third kappa shape index (κ3) is 12.6. The Morgan fingerprint density at radius 1 is 1.18 bits per heavy atom. The van der Waals surface area contributed by atoms with Crippen molar-refractivity contribution in [1.29, 1.82) is 0 Å². The van der Waals surface area contributed by atoms with E-state index in [1.165, 1.54) is 0 Å². The van der Waals surface area contributed by atoms with E-state index < -0.39 is 7.82 Å². The summed E-state index contributed by atoms with van der Waals surface area (Å²) < 4.78 is 20.4. The van der Waals surface area contributed by atoms with Crippen LogP contribution in [0.4, 0.5) is 0 Å². The lowest BCUT2D eigenvalue weighted by Crippen LogP contribution is -2.29. The molecule has 0 amide bonds. The molecule has 0 aromatic rings. The molecule has 0 bridgehead atoms. The highest BCUT2D eigenvalue weighted by atomic mass is 35.5. The number of halogens is 1. The quantitative estimate of drug-likeness (QED) is 0.282. The van der Waals surface area contributed by atoms with Crippen molar-refractivity contribution >= 4 is 19.4 Å². The fourth-order valence-corrected chi connectivity index (χ4v) is 1.97. The number of hydrogen-bond acceptors (Lipinski definition) is 5. The number of phosphoric ester groups is 1. The predicted octanol–water partition coefficient (Wildman–Crippen LogP) is 0.948. The highest BCUT2D eigenvalue weighted by Crippen LogP contribution is 2.42. The Bertz CT molecular complexity index is 221. The van der Waals surface area contributed by atoms with Crippen LogP contribution in [-0.4, -0.2) is 50.2 Å². The van der Waals surface area contributed by atoms with Crippen LogP contribution in [0, 0.1) is 0 Å². The summed E-state index contributed by atoms with van der Waals surface area (Å²) in [6, 6.07) is 0. The normalized spacial score (nSPS) is 14.8. The first-order valence-electron chi connectivity index (χ1n) is 5.71. The van der Waals surface area contributed by atoms with Gasteiger partial charge in [0, 0.05) is 25.5 Å². The molecule has 0 aromatic heterocycles. The Balaban J connectivity index is 3.21. The van der Waals surface area contributed by atoms with Crippen LogP contribution < -0.4 is 10.6 Å². The number of phosphoric acid groups is 1. The number of hydrogen-bond donors (Lipinski definition) is 3. The van der Waals surface area contributed by atoms with Gasteiger partial charge in [-0.1, -0.05) is 0 Å². The summed E-state index contributed by atoms with van der Waals surface area (Å²) in [5, 5.41) is 6.30. The van der Waals surface area contributed by atoms with Crippen LogP contribution >= 0.6 is 19.4 Å². The van der Waals surface area contributed by atoms with E-state index in [0.717, 1.165) is 26.2 Å². The van der Waals surface area contributed by atoms with Crippen LogP contribution in [0.15, 0.2) is 0 Å². The minimum atomic E-state index is -3.82. The fraction of sp³-hybridized carbons (Fsp3) is 1.00. The third-order valence-corrected chi connectivity index (χ3v) is 3.08. The Hall–Kier alpha value is 0.320. The first-order valence-corrected chi connectivity index (χ1v) is 7.74. The van der Waals surface area contributed by atoms with Crippen LogP contribution in [0.25, 0.3) is 0 Å². The Labute approximate surface area is 108 Å². The maximum absolute atomic E-state index is 11.1. The Morgan fingerprint density at radius 2 is 1.82 bits per heavy atom. The molecule has 1 unspecified atom stereocenters. The maximum atomic E-state index is 11.1. The Morgan fingerprint density at radius 3 is 2.41 bits per heavy atom. The zero-order valence-electron chi connectivity index (χ0n) is 10.2. The van der Waals surface area contributed by atoms with Crippen molar-refractivity contribution in [3.05, 3.63) is 0 Å². The average Bonchev–Trinajstić information content (AvgIpc) is 2.27. The lowest BCUT2D eigenvalue weighted by Gasteiger charge is -2.10. The van der Waals surface area contributed by atoms with Gasteiger partial charge in [-0.05, 0) is 19.9 Å². The van der Waals surface area contributed by atoms with E-state index in [2.05, 4.69) is 15.2 Å². The molecular weight excluding hydrogens is 267 g/mol. The molecule has 0 saturated carbocycles. The van der Waals surface area contributed by atoms with Crippen molar-refractivity contribution < 1.29 is 18.5 Å². The van der Waals surface area contributed by atoms with Crippen LogP contribution in [0.1, 0.15) is 13.3 Å². The highest BCUT2D eigenvalue weighted by molar-refractivity contribution is 7.47. The molecule has 104 valence electrons. The first kappa shape index (κ1) is 17.3. The zero-order valence-corrected chi connectivity index (χ0v) is 11.8. The van der Waals surface area contributed by atoms with Crippen molar-refractivity contribution in [3.8, 4) is 0 Å². The molecule has 0 rings (SSSR count). The molecule has 0 aliphatic heterocycles. The largest absolute Gasteiger partial charge is 0.472 e.